The lowest BCUT2D eigenvalue weighted by molar-refractivity contribution is -0.124. The fourth-order valence-electron chi connectivity index (χ4n) is 2.90. The largest absolute Gasteiger partial charge is 0.379 e. The van der Waals surface area contributed by atoms with Crippen LogP contribution >= 0.6 is 11.3 Å². The maximum absolute atomic E-state index is 12.7. The maximum atomic E-state index is 12.7. The minimum atomic E-state index is 0.0190. The molecule has 0 aliphatic carbocycles. The Hall–Kier alpha value is -1.44. The van der Waals surface area contributed by atoms with Crippen molar-refractivity contribution in [1.29, 1.82) is 0 Å². The van der Waals surface area contributed by atoms with Crippen LogP contribution in [0.2, 0.25) is 0 Å². The van der Waals surface area contributed by atoms with Crippen LogP contribution in [0, 0.1) is 0 Å². The predicted molar refractivity (Wildman–Crippen MR) is 73.1 cm³/mol. The monoisotopic (exact) mass is 293 g/mol. The molecule has 2 aromatic rings. The van der Waals surface area contributed by atoms with Gasteiger partial charge in [-0.1, -0.05) is 11.3 Å². The van der Waals surface area contributed by atoms with Gasteiger partial charge in [0.15, 0.2) is 4.96 Å². The second kappa shape index (κ2) is 4.83. The number of imidazole rings is 1. The number of fused-ring (bicyclic) bond motifs is 2. The lowest BCUT2D eigenvalue weighted by Gasteiger charge is -2.43. The van der Waals surface area contributed by atoms with Gasteiger partial charge in [-0.2, -0.15) is 0 Å². The normalized spacial score (nSPS) is 26.7. The first-order valence-corrected chi connectivity index (χ1v) is 7.57. The van der Waals surface area contributed by atoms with Crippen molar-refractivity contribution in [3.63, 3.8) is 0 Å². The molecular weight excluding hydrogens is 278 g/mol. The van der Waals surface area contributed by atoms with Crippen LogP contribution in [0.4, 0.5) is 0 Å². The summed E-state index contributed by atoms with van der Waals surface area (Å²) in [6, 6.07) is 0.138. The second-order valence-electron chi connectivity index (χ2n) is 5.05. The number of hydrogen-bond acceptors (Lipinski definition) is 5. The third kappa shape index (κ3) is 1.93. The number of aromatic nitrogens is 2. The highest BCUT2D eigenvalue weighted by Gasteiger charge is 2.38. The maximum Gasteiger partial charge on any atom is 0.266 e. The minimum absolute atomic E-state index is 0.0190. The molecule has 0 aromatic carbocycles. The minimum Gasteiger partial charge on any atom is -0.379 e. The summed E-state index contributed by atoms with van der Waals surface area (Å²) in [6.07, 6.45) is 6.33. The highest BCUT2D eigenvalue weighted by atomic mass is 32.1. The van der Waals surface area contributed by atoms with Crippen molar-refractivity contribution in [2.45, 2.75) is 18.6 Å². The van der Waals surface area contributed by atoms with E-state index in [0.717, 1.165) is 16.3 Å². The number of nitrogens with zero attached hydrogens (tertiary/aromatic N) is 3. The first-order valence-electron chi connectivity index (χ1n) is 6.76. The van der Waals surface area contributed by atoms with E-state index in [4.69, 9.17) is 9.47 Å². The first kappa shape index (κ1) is 12.3. The Morgan fingerprint density at radius 1 is 1.45 bits per heavy atom. The van der Waals surface area contributed by atoms with Gasteiger partial charge < -0.3 is 14.4 Å². The molecule has 2 saturated heterocycles. The third-order valence-electron chi connectivity index (χ3n) is 3.90. The Balaban J connectivity index is 1.61. The molecule has 7 heteroatoms. The zero-order valence-electron chi connectivity index (χ0n) is 10.9. The van der Waals surface area contributed by atoms with Gasteiger partial charge in [0.25, 0.3) is 5.91 Å². The first-order chi connectivity index (χ1) is 9.83. The van der Waals surface area contributed by atoms with Gasteiger partial charge in [0.1, 0.15) is 11.0 Å². The molecule has 106 valence electrons. The number of ether oxygens (including phenoxy) is 2. The predicted octanol–water partition coefficient (Wildman–Crippen LogP) is 1.03. The van der Waals surface area contributed by atoms with E-state index in [1.165, 1.54) is 11.3 Å². The van der Waals surface area contributed by atoms with Crippen LogP contribution in [-0.2, 0) is 9.47 Å². The quantitative estimate of drug-likeness (QED) is 0.788. The average Bonchev–Trinajstić information content (AvgIpc) is 3.07. The van der Waals surface area contributed by atoms with E-state index >= 15 is 0 Å². The molecule has 1 amide bonds. The van der Waals surface area contributed by atoms with E-state index in [1.807, 2.05) is 21.7 Å². The third-order valence-corrected chi connectivity index (χ3v) is 4.89. The van der Waals surface area contributed by atoms with Crippen molar-refractivity contribution in [3.8, 4) is 0 Å². The van der Waals surface area contributed by atoms with Gasteiger partial charge in [-0.3, -0.25) is 9.20 Å². The van der Waals surface area contributed by atoms with Crippen molar-refractivity contribution in [3.05, 3.63) is 23.5 Å². The molecule has 2 aliphatic heterocycles. The van der Waals surface area contributed by atoms with Crippen LogP contribution in [0.3, 0.4) is 0 Å². The molecular formula is C13H15N3O3S. The van der Waals surface area contributed by atoms with Crippen LogP contribution in [-0.4, -0.2) is 58.7 Å². The number of carbonyl (C=O) groups is 1. The van der Waals surface area contributed by atoms with E-state index in [0.29, 0.717) is 26.4 Å². The Kier molecular flexibility index (Phi) is 2.98. The smallest absolute Gasteiger partial charge is 0.266 e. The molecule has 0 saturated carbocycles. The lowest BCUT2D eigenvalue weighted by Crippen LogP contribution is -2.57. The highest BCUT2D eigenvalue weighted by Crippen LogP contribution is 2.26. The van der Waals surface area contributed by atoms with Gasteiger partial charge in [-0.05, 0) is 6.42 Å². The molecule has 2 aliphatic rings. The highest BCUT2D eigenvalue weighted by molar-refractivity contribution is 7.18. The topological polar surface area (TPSA) is 56.1 Å². The van der Waals surface area contributed by atoms with E-state index in [-0.39, 0.29) is 18.1 Å². The molecule has 20 heavy (non-hydrogen) atoms. The second-order valence-corrected chi connectivity index (χ2v) is 6.06. The number of rotatable bonds is 1. The van der Waals surface area contributed by atoms with Gasteiger partial charge in [-0.15, -0.1) is 0 Å². The Labute approximate surface area is 119 Å². The van der Waals surface area contributed by atoms with Crippen LogP contribution in [0.15, 0.2) is 18.6 Å². The van der Waals surface area contributed by atoms with Crippen LogP contribution in [0.1, 0.15) is 16.1 Å². The van der Waals surface area contributed by atoms with E-state index < -0.39 is 0 Å². The van der Waals surface area contributed by atoms with Gasteiger partial charge in [0.05, 0.1) is 19.3 Å². The van der Waals surface area contributed by atoms with Crippen molar-refractivity contribution in [2.24, 2.45) is 0 Å². The van der Waals surface area contributed by atoms with Crippen molar-refractivity contribution in [2.75, 3.05) is 26.4 Å². The summed E-state index contributed by atoms with van der Waals surface area (Å²) in [7, 11) is 0. The van der Waals surface area contributed by atoms with Crippen LogP contribution in [0.25, 0.3) is 4.96 Å². The van der Waals surface area contributed by atoms with Crippen LogP contribution < -0.4 is 0 Å². The SMILES string of the molecule is O=C(c1cn2ccnc2s1)N1CCO[C@@H]2COCC[C@@H]21. The Morgan fingerprint density at radius 3 is 3.30 bits per heavy atom. The fourth-order valence-corrected chi connectivity index (χ4v) is 3.80. The Morgan fingerprint density at radius 2 is 2.40 bits per heavy atom. The molecule has 4 rings (SSSR count). The summed E-state index contributed by atoms with van der Waals surface area (Å²) in [4.78, 5) is 20.5. The molecule has 2 aromatic heterocycles. The van der Waals surface area contributed by atoms with Gasteiger partial charge in [-0.25, -0.2) is 4.98 Å². The average molecular weight is 293 g/mol. The zero-order chi connectivity index (χ0) is 13.5. The molecule has 0 radical (unpaired) electrons. The van der Waals surface area contributed by atoms with Crippen molar-refractivity contribution in [1.82, 2.24) is 14.3 Å². The number of carbonyl (C=O) groups excluding carboxylic acids is 1. The number of amides is 1. The number of morpholine rings is 1. The summed E-state index contributed by atoms with van der Waals surface area (Å²) in [5, 5.41) is 0. The van der Waals surface area contributed by atoms with Gasteiger partial charge >= 0.3 is 0 Å². The molecule has 0 N–H and O–H groups in total. The summed E-state index contributed by atoms with van der Waals surface area (Å²) in [6.45, 7) is 2.52. The summed E-state index contributed by atoms with van der Waals surface area (Å²) in [5.41, 5.74) is 0. The molecule has 0 bridgehead atoms. The zero-order valence-corrected chi connectivity index (χ0v) is 11.7. The molecule has 0 unspecified atom stereocenters. The standard InChI is InChI=1S/C13H15N3O3S/c17-12(11-7-15-3-2-14-13(15)20-11)16-4-6-19-10-8-18-5-1-9(10)16/h2-3,7,9-10H,1,4-6,8H2/t9-,10+/m0/s1. The van der Waals surface area contributed by atoms with Gasteiger partial charge in [0, 0.05) is 31.7 Å². The molecule has 2 atom stereocenters. The molecule has 4 heterocycles. The van der Waals surface area contributed by atoms with Crippen molar-refractivity contribution < 1.29 is 14.3 Å². The molecule has 2 fully saturated rings. The van der Waals surface area contributed by atoms with Gasteiger partial charge in [0.2, 0.25) is 0 Å². The fraction of sp³-hybridized carbons (Fsp3) is 0.538. The summed E-state index contributed by atoms with van der Waals surface area (Å²) < 4.78 is 13.0. The van der Waals surface area contributed by atoms with Crippen LogP contribution in [0.5, 0.6) is 0 Å². The Bertz CT molecular complexity index is 607. The lowest BCUT2D eigenvalue weighted by atomic mass is 10.0. The van der Waals surface area contributed by atoms with E-state index in [9.17, 15) is 4.79 Å². The van der Waals surface area contributed by atoms with E-state index in [2.05, 4.69) is 4.98 Å². The summed E-state index contributed by atoms with van der Waals surface area (Å²) >= 11 is 1.43. The number of hydrogen-bond donors (Lipinski definition) is 0. The summed E-state index contributed by atoms with van der Waals surface area (Å²) in [5.74, 6) is 0.0840. The van der Waals surface area contributed by atoms with Crippen molar-refractivity contribution >= 4 is 22.2 Å². The molecule has 6 nitrogen and oxygen atoms in total. The number of thiazole rings is 1. The molecule has 0 spiro atoms. The van der Waals surface area contributed by atoms with E-state index in [1.54, 1.807) is 6.20 Å².